The predicted molar refractivity (Wildman–Crippen MR) is 105 cm³/mol. The normalized spacial score (nSPS) is 15.2. The van der Waals surface area contributed by atoms with Crippen molar-refractivity contribution in [1.82, 2.24) is 4.90 Å². The minimum Gasteiger partial charge on any atom is -0.369 e. The van der Waals surface area contributed by atoms with Crippen molar-refractivity contribution in [2.24, 2.45) is 0 Å². The fourth-order valence-corrected chi connectivity index (χ4v) is 3.29. The lowest BCUT2D eigenvalue weighted by Gasteiger charge is -2.35. The van der Waals surface area contributed by atoms with Crippen LogP contribution in [0, 0.1) is 0 Å². The zero-order chi connectivity index (χ0) is 17.6. The third kappa shape index (κ3) is 4.97. The fraction of sp³-hybridized carbons (Fsp3) is 0.350. The van der Waals surface area contributed by atoms with Gasteiger partial charge >= 0.3 is 0 Å². The molecule has 1 amide bonds. The maximum Gasteiger partial charge on any atom is 0.238 e. The number of nitrogens with one attached hydrogen (secondary N) is 1. The first-order valence-electron chi connectivity index (χ1n) is 8.75. The van der Waals surface area contributed by atoms with Gasteiger partial charge in [-0.15, -0.1) is 0 Å². The first kappa shape index (κ1) is 17.8. The summed E-state index contributed by atoms with van der Waals surface area (Å²) in [5.41, 5.74) is 3.25. The molecule has 4 nitrogen and oxygen atoms in total. The van der Waals surface area contributed by atoms with Gasteiger partial charge in [-0.25, -0.2) is 0 Å². The van der Waals surface area contributed by atoms with Crippen LogP contribution in [-0.4, -0.2) is 43.5 Å². The number of anilines is 2. The Kier molecular flexibility index (Phi) is 5.95. The number of carbonyl (C=O) groups excluding carboxylic acids is 1. The van der Waals surface area contributed by atoms with Gasteiger partial charge in [-0.05, 0) is 42.3 Å². The summed E-state index contributed by atoms with van der Waals surface area (Å²) in [6, 6.07) is 16.0. The minimum absolute atomic E-state index is 0.0458. The molecule has 2 aromatic carbocycles. The van der Waals surface area contributed by atoms with Gasteiger partial charge in [-0.1, -0.05) is 36.7 Å². The molecule has 3 rings (SSSR count). The molecule has 2 aromatic rings. The van der Waals surface area contributed by atoms with E-state index in [-0.39, 0.29) is 5.91 Å². The molecule has 25 heavy (non-hydrogen) atoms. The molecule has 1 heterocycles. The number of carbonyl (C=O) groups is 1. The first-order valence-corrected chi connectivity index (χ1v) is 9.13. The quantitative estimate of drug-likeness (QED) is 0.887. The van der Waals surface area contributed by atoms with E-state index >= 15 is 0 Å². The van der Waals surface area contributed by atoms with E-state index in [0.717, 1.165) is 49.0 Å². The number of aryl methyl sites for hydroxylation is 1. The maximum atomic E-state index is 12.3. The molecule has 1 fully saturated rings. The standard InChI is InChI=1S/C20H24ClN3O/c1-2-16-5-3-7-18(13-16)22-20(25)15-23-9-11-24(12-10-23)19-8-4-6-17(21)14-19/h3-8,13-14H,2,9-12,15H2,1H3,(H,22,25). The lowest BCUT2D eigenvalue weighted by Crippen LogP contribution is -2.48. The van der Waals surface area contributed by atoms with Crippen LogP contribution in [0.25, 0.3) is 0 Å². The van der Waals surface area contributed by atoms with Gasteiger partial charge in [0.05, 0.1) is 6.54 Å². The van der Waals surface area contributed by atoms with Crippen LogP contribution in [0.1, 0.15) is 12.5 Å². The molecular formula is C20H24ClN3O. The monoisotopic (exact) mass is 357 g/mol. The number of benzene rings is 2. The largest absolute Gasteiger partial charge is 0.369 e. The summed E-state index contributed by atoms with van der Waals surface area (Å²) in [5, 5.41) is 3.76. The van der Waals surface area contributed by atoms with Crippen molar-refractivity contribution in [3.63, 3.8) is 0 Å². The van der Waals surface area contributed by atoms with Gasteiger partial charge in [0.1, 0.15) is 0 Å². The van der Waals surface area contributed by atoms with Crippen molar-refractivity contribution in [3.8, 4) is 0 Å². The van der Waals surface area contributed by atoms with Gasteiger partial charge in [-0.2, -0.15) is 0 Å². The molecule has 0 unspecified atom stereocenters. The second-order valence-electron chi connectivity index (χ2n) is 6.35. The van der Waals surface area contributed by atoms with Crippen molar-refractivity contribution in [2.75, 3.05) is 42.9 Å². The molecule has 5 heteroatoms. The van der Waals surface area contributed by atoms with Crippen LogP contribution in [0.3, 0.4) is 0 Å². The van der Waals surface area contributed by atoms with Crippen molar-refractivity contribution in [2.45, 2.75) is 13.3 Å². The molecule has 0 aromatic heterocycles. The third-order valence-corrected chi connectivity index (χ3v) is 4.77. The van der Waals surface area contributed by atoms with E-state index < -0.39 is 0 Å². The van der Waals surface area contributed by atoms with Crippen molar-refractivity contribution in [3.05, 3.63) is 59.1 Å². The van der Waals surface area contributed by atoms with Crippen molar-refractivity contribution < 1.29 is 4.79 Å². The van der Waals surface area contributed by atoms with E-state index in [1.54, 1.807) is 0 Å². The highest BCUT2D eigenvalue weighted by Crippen LogP contribution is 2.20. The molecule has 0 aliphatic carbocycles. The van der Waals surface area contributed by atoms with E-state index in [1.807, 2.05) is 36.4 Å². The van der Waals surface area contributed by atoms with Gasteiger partial charge < -0.3 is 10.2 Å². The second kappa shape index (κ2) is 8.37. The maximum absolute atomic E-state index is 12.3. The number of hydrogen-bond acceptors (Lipinski definition) is 3. The minimum atomic E-state index is 0.0458. The zero-order valence-electron chi connectivity index (χ0n) is 14.5. The Morgan fingerprint density at radius 1 is 1.08 bits per heavy atom. The second-order valence-corrected chi connectivity index (χ2v) is 6.78. The highest BCUT2D eigenvalue weighted by atomic mass is 35.5. The molecule has 0 radical (unpaired) electrons. The average Bonchev–Trinajstić information content (AvgIpc) is 2.62. The number of rotatable bonds is 5. The molecule has 1 N–H and O–H groups in total. The molecule has 0 spiro atoms. The average molecular weight is 358 g/mol. The topological polar surface area (TPSA) is 35.6 Å². The smallest absolute Gasteiger partial charge is 0.238 e. The van der Waals surface area contributed by atoms with Gasteiger partial charge in [0.15, 0.2) is 0 Å². The van der Waals surface area contributed by atoms with Crippen LogP contribution in [-0.2, 0) is 11.2 Å². The summed E-state index contributed by atoms with van der Waals surface area (Å²) < 4.78 is 0. The molecule has 0 atom stereocenters. The van der Waals surface area contributed by atoms with Gasteiger partial charge in [0.25, 0.3) is 0 Å². The van der Waals surface area contributed by atoms with Crippen molar-refractivity contribution >= 4 is 28.9 Å². The number of piperazine rings is 1. The molecule has 0 saturated carbocycles. The Labute approximate surface area is 154 Å². The Balaban J connectivity index is 1.49. The van der Waals surface area contributed by atoms with Gasteiger partial charge in [0.2, 0.25) is 5.91 Å². The Bertz CT molecular complexity index is 726. The highest BCUT2D eigenvalue weighted by Gasteiger charge is 2.19. The predicted octanol–water partition coefficient (Wildman–Crippen LogP) is 3.66. The number of nitrogens with zero attached hydrogens (tertiary/aromatic N) is 2. The third-order valence-electron chi connectivity index (χ3n) is 4.53. The molecule has 132 valence electrons. The van der Waals surface area contributed by atoms with Gasteiger partial charge in [-0.3, -0.25) is 9.69 Å². The summed E-state index contributed by atoms with van der Waals surface area (Å²) >= 11 is 6.07. The molecule has 0 bridgehead atoms. The Morgan fingerprint density at radius 2 is 1.84 bits per heavy atom. The summed E-state index contributed by atoms with van der Waals surface area (Å²) in [7, 11) is 0. The molecule has 1 saturated heterocycles. The first-order chi connectivity index (χ1) is 12.1. The van der Waals surface area contributed by atoms with E-state index in [1.165, 1.54) is 5.56 Å². The summed E-state index contributed by atoms with van der Waals surface area (Å²) in [6.45, 7) is 6.09. The summed E-state index contributed by atoms with van der Waals surface area (Å²) in [4.78, 5) is 16.8. The number of hydrogen-bond donors (Lipinski definition) is 1. The van der Waals surface area contributed by atoms with Gasteiger partial charge in [0, 0.05) is 42.6 Å². The lowest BCUT2D eigenvalue weighted by atomic mass is 10.1. The molecule has 1 aliphatic rings. The lowest BCUT2D eigenvalue weighted by molar-refractivity contribution is -0.117. The van der Waals surface area contributed by atoms with E-state index in [2.05, 4.69) is 34.2 Å². The highest BCUT2D eigenvalue weighted by molar-refractivity contribution is 6.30. The van der Waals surface area contributed by atoms with E-state index in [0.29, 0.717) is 6.54 Å². The fourth-order valence-electron chi connectivity index (χ4n) is 3.11. The number of halogens is 1. The summed E-state index contributed by atoms with van der Waals surface area (Å²) in [5.74, 6) is 0.0458. The molecule has 1 aliphatic heterocycles. The van der Waals surface area contributed by atoms with E-state index in [4.69, 9.17) is 11.6 Å². The Morgan fingerprint density at radius 3 is 2.56 bits per heavy atom. The van der Waals surface area contributed by atoms with E-state index in [9.17, 15) is 4.79 Å². The number of amides is 1. The van der Waals surface area contributed by atoms with Crippen LogP contribution in [0.2, 0.25) is 5.02 Å². The van der Waals surface area contributed by atoms with Crippen LogP contribution < -0.4 is 10.2 Å². The zero-order valence-corrected chi connectivity index (χ0v) is 15.3. The van der Waals surface area contributed by atoms with Crippen molar-refractivity contribution in [1.29, 1.82) is 0 Å². The summed E-state index contributed by atoms with van der Waals surface area (Å²) in [6.07, 6.45) is 0.967. The molecular weight excluding hydrogens is 334 g/mol. The van der Waals surface area contributed by atoms with Crippen LogP contribution in [0.5, 0.6) is 0 Å². The van der Waals surface area contributed by atoms with Crippen LogP contribution >= 0.6 is 11.6 Å². The van der Waals surface area contributed by atoms with Crippen LogP contribution in [0.4, 0.5) is 11.4 Å². The van der Waals surface area contributed by atoms with Crippen LogP contribution in [0.15, 0.2) is 48.5 Å². The SMILES string of the molecule is CCc1cccc(NC(=O)CN2CCN(c3cccc(Cl)c3)CC2)c1. The Hall–Kier alpha value is -2.04.